The molecule has 1 aliphatic carbocycles. The second-order valence-electron chi connectivity index (χ2n) is 13.0. The van der Waals surface area contributed by atoms with Gasteiger partial charge in [-0.2, -0.15) is 16.8 Å². The summed E-state index contributed by atoms with van der Waals surface area (Å²) in [6.45, 7) is 3.91. The van der Waals surface area contributed by atoms with Crippen molar-refractivity contribution < 1.29 is 35.4 Å². The Morgan fingerprint density at radius 3 is 1.89 bits per heavy atom. The zero-order valence-corrected chi connectivity index (χ0v) is 32.9. The fraction of sp³-hybridized carbons (Fsp3) is 0.114. The van der Waals surface area contributed by atoms with Gasteiger partial charge in [0.15, 0.2) is 0 Å². The molecule has 0 fully saturated rings. The topological polar surface area (TPSA) is 157 Å². The number of benzene rings is 5. The predicted molar refractivity (Wildman–Crippen MR) is 224 cm³/mol. The maximum atomic E-state index is 12.1. The Balaban J connectivity index is 1.34. The van der Waals surface area contributed by atoms with E-state index in [1.54, 1.807) is 26.0 Å². The van der Waals surface area contributed by atoms with Gasteiger partial charge in [-0.15, -0.1) is 0 Å². The smallest absolute Gasteiger partial charge is 0.298 e. The summed E-state index contributed by atoms with van der Waals surface area (Å²) in [6, 6.07) is 35.0. The fourth-order valence-electron chi connectivity index (χ4n) is 6.88. The number of rotatable bonds is 12. The molecule has 0 spiro atoms. The van der Waals surface area contributed by atoms with Gasteiger partial charge < -0.3 is 19.4 Å². The van der Waals surface area contributed by atoms with E-state index in [-0.39, 0.29) is 34.5 Å². The van der Waals surface area contributed by atoms with Gasteiger partial charge in [0.2, 0.25) is 0 Å². The molecule has 0 radical (unpaired) electrons. The standard InChI is InChI=1S/C44H39N3O8S2/c1-4-54-38-25-23-34(27-40(38)56(48,49)50)45-32-19-15-29(16-20-32)42(43-36-13-9-10-14-37(36)47(3)44(43)31-11-7-6-8-12-31)30-17-21-33(22-18-30)46-35-24-26-39(55-5-2)41(28-35)57(51,52)53/h6-28,45H,4-5H2,1-3H3,(H,48,49,50)(H,51,52,53). The lowest BCUT2D eigenvalue weighted by atomic mass is 9.87. The molecule has 0 saturated heterocycles. The molecule has 6 aromatic rings. The first-order chi connectivity index (χ1) is 27.4. The van der Waals surface area contributed by atoms with Crippen LogP contribution in [-0.4, -0.2) is 49.4 Å². The van der Waals surface area contributed by atoms with Crippen LogP contribution in [0.3, 0.4) is 0 Å². The lowest BCUT2D eigenvalue weighted by Crippen LogP contribution is -2.04. The Hall–Kier alpha value is -6.25. The maximum Gasteiger partial charge on any atom is 0.298 e. The molecule has 0 aliphatic heterocycles. The van der Waals surface area contributed by atoms with Gasteiger partial charge in [-0.25, -0.2) is 4.99 Å². The van der Waals surface area contributed by atoms with E-state index >= 15 is 0 Å². The van der Waals surface area contributed by atoms with Gasteiger partial charge in [-0.1, -0.05) is 72.8 Å². The molecule has 1 aromatic heterocycles. The normalized spacial score (nSPS) is 12.9. The van der Waals surface area contributed by atoms with Crippen molar-refractivity contribution in [2.24, 2.45) is 12.0 Å². The number of para-hydroxylation sites is 1. The summed E-state index contributed by atoms with van der Waals surface area (Å²) < 4.78 is 81.3. The van der Waals surface area contributed by atoms with Crippen LogP contribution in [0.1, 0.15) is 25.0 Å². The van der Waals surface area contributed by atoms with Crippen molar-refractivity contribution in [2.75, 3.05) is 18.5 Å². The molecule has 11 nitrogen and oxygen atoms in total. The molecule has 7 rings (SSSR count). The number of nitrogens with zero attached hydrogens (tertiary/aromatic N) is 2. The van der Waals surface area contributed by atoms with Gasteiger partial charge in [0, 0.05) is 34.9 Å². The van der Waals surface area contributed by atoms with Gasteiger partial charge >= 0.3 is 0 Å². The lowest BCUT2D eigenvalue weighted by molar-refractivity contribution is 0.329. The first kappa shape index (κ1) is 39.0. The van der Waals surface area contributed by atoms with Crippen molar-refractivity contribution in [2.45, 2.75) is 23.6 Å². The average molecular weight is 802 g/mol. The van der Waals surface area contributed by atoms with Crippen LogP contribution in [0.15, 0.2) is 160 Å². The monoisotopic (exact) mass is 801 g/mol. The molecular formula is C44H39N3O8S2. The van der Waals surface area contributed by atoms with Crippen LogP contribution in [0.25, 0.3) is 27.7 Å². The second kappa shape index (κ2) is 16.1. The minimum atomic E-state index is -4.56. The van der Waals surface area contributed by atoms with Crippen molar-refractivity contribution in [3.05, 3.63) is 156 Å². The zero-order chi connectivity index (χ0) is 40.3. The molecule has 57 heavy (non-hydrogen) atoms. The highest BCUT2D eigenvalue weighted by Gasteiger charge is 2.24. The van der Waals surface area contributed by atoms with Crippen LogP contribution in [-0.2, 0) is 27.3 Å². The fourth-order valence-corrected chi connectivity index (χ4v) is 8.19. The van der Waals surface area contributed by atoms with Crippen molar-refractivity contribution in [3.63, 3.8) is 0 Å². The first-order valence-corrected chi connectivity index (χ1v) is 20.9. The third-order valence-corrected chi connectivity index (χ3v) is 11.1. The first-order valence-electron chi connectivity index (χ1n) is 18.0. The van der Waals surface area contributed by atoms with Crippen molar-refractivity contribution in [3.8, 4) is 22.8 Å². The number of fused-ring (bicyclic) bond motifs is 1. The average Bonchev–Trinajstić information content (AvgIpc) is 3.48. The highest BCUT2D eigenvalue weighted by molar-refractivity contribution is 7.86. The van der Waals surface area contributed by atoms with Crippen molar-refractivity contribution in [1.29, 1.82) is 0 Å². The molecule has 0 bridgehead atoms. The SMILES string of the molecule is CCOc1ccc(N=C2C=CC(=C(c3ccc(Nc4ccc(OCC)c(S(=O)(=O)O)c4)cc3)c3c(-c4ccccc4)n(C)c4ccccc34)C=C2)cc1S(=O)(=O)O. The number of allylic oxidation sites excluding steroid dienone is 5. The van der Waals surface area contributed by atoms with Crippen LogP contribution in [0.4, 0.5) is 17.1 Å². The molecule has 13 heteroatoms. The van der Waals surface area contributed by atoms with E-state index in [0.717, 1.165) is 44.4 Å². The summed E-state index contributed by atoms with van der Waals surface area (Å²) in [5, 5.41) is 4.28. The Labute approximate surface area is 331 Å². The van der Waals surface area contributed by atoms with Crippen molar-refractivity contribution in [1.82, 2.24) is 4.57 Å². The summed E-state index contributed by atoms with van der Waals surface area (Å²) >= 11 is 0. The van der Waals surface area contributed by atoms with Gasteiger partial charge in [0.05, 0.1) is 30.3 Å². The van der Waals surface area contributed by atoms with E-state index in [1.807, 2.05) is 78.9 Å². The van der Waals surface area contributed by atoms with E-state index in [0.29, 0.717) is 22.8 Å². The number of nitrogens with one attached hydrogen (secondary N) is 1. The summed E-state index contributed by atoms with van der Waals surface area (Å²) in [7, 11) is -7.05. The Kier molecular flexibility index (Phi) is 11.0. The maximum absolute atomic E-state index is 12.1. The predicted octanol–water partition coefficient (Wildman–Crippen LogP) is 9.58. The Morgan fingerprint density at radius 2 is 1.26 bits per heavy atom. The van der Waals surface area contributed by atoms with Gasteiger partial charge in [-0.05, 0) is 103 Å². The lowest BCUT2D eigenvalue weighted by Gasteiger charge is -2.17. The summed E-state index contributed by atoms with van der Waals surface area (Å²) in [5.74, 6) is 0.104. The quantitative estimate of drug-likeness (QED) is 0.103. The molecule has 0 amide bonds. The highest BCUT2D eigenvalue weighted by atomic mass is 32.2. The number of aromatic nitrogens is 1. The molecule has 0 atom stereocenters. The summed E-state index contributed by atoms with van der Waals surface area (Å²) in [4.78, 5) is 3.97. The van der Waals surface area contributed by atoms with E-state index in [2.05, 4.69) is 46.2 Å². The Bertz CT molecular complexity index is 2820. The number of hydrogen-bond acceptors (Lipinski definition) is 8. The third-order valence-electron chi connectivity index (χ3n) is 9.31. The highest BCUT2D eigenvalue weighted by Crippen LogP contribution is 2.43. The molecule has 3 N–H and O–H groups in total. The number of ether oxygens (including phenoxy) is 2. The molecule has 290 valence electrons. The largest absolute Gasteiger partial charge is 0.492 e. The van der Waals surface area contributed by atoms with Crippen molar-refractivity contribution >= 4 is 59.5 Å². The Morgan fingerprint density at radius 1 is 0.684 bits per heavy atom. The minimum absolute atomic E-state index is 0.0430. The molecule has 0 saturated carbocycles. The zero-order valence-electron chi connectivity index (χ0n) is 31.2. The van der Waals surface area contributed by atoms with E-state index in [9.17, 15) is 25.9 Å². The van der Waals surface area contributed by atoms with E-state index < -0.39 is 20.2 Å². The van der Waals surface area contributed by atoms with Crippen LogP contribution in [0.2, 0.25) is 0 Å². The van der Waals surface area contributed by atoms with Gasteiger partial charge in [-0.3, -0.25) is 9.11 Å². The van der Waals surface area contributed by atoms with Crippen LogP contribution < -0.4 is 14.8 Å². The van der Waals surface area contributed by atoms with E-state index in [1.165, 1.54) is 24.3 Å². The molecule has 1 heterocycles. The van der Waals surface area contributed by atoms with Gasteiger partial charge in [0.25, 0.3) is 20.2 Å². The minimum Gasteiger partial charge on any atom is -0.492 e. The summed E-state index contributed by atoms with van der Waals surface area (Å²) in [6.07, 6.45) is 7.62. The molecule has 0 unspecified atom stereocenters. The molecule has 5 aromatic carbocycles. The van der Waals surface area contributed by atoms with Crippen LogP contribution in [0.5, 0.6) is 11.5 Å². The third kappa shape index (κ3) is 8.32. The van der Waals surface area contributed by atoms with E-state index in [4.69, 9.17) is 9.47 Å². The van der Waals surface area contributed by atoms with Crippen LogP contribution >= 0.6 is 0 Å². The number of aryl methyl sites for hydroxylation is 1. The van der Waals surface area contributed by atoms with Crippen LogP contribution in [0, 0.1) is 0 Å². The molecule has 1 aliphatic rings. The molecular weight excluding hydrogens is 763 g/mol. The number of hydrogen-bond donors (Lipinski definition) is 3. The number of anilines is 2. The number of aliphatic imine (C=N–C) groups is 1. The summed E-state index contributed by atoms with van der Waals surface area (Å²) in [5.41, 5.74) is 8.83. The second-order valence-corrected chi connectivity index (χ2v) is 15.8. The van der Waals surface area contributed by atoms with Gasteiger partial charge in [0.1, 0.15) is 21.3 Å².